The van der Waals surface area contributed by atoms with E-state index in [0.29, 0.717) is 46.2 Å². The van der Waals surface area contributed by atoms with Gasteiger partial charge >= 0.3 is 0 Å². The molecule has 0 aliphatic rings. The van der Waals surface area contributed by atoms with Gasteiger partial charge in [-0.05, 0) is 59.6 Å². The minimum atomic E-state index is -0.540. The Kier molecular flexibility index (Phi) is 9.14. The van der Waals surface area contributed by atoms with Crippen molar-refractivity contribution >= 4 is 39.6 Å². The average molecular weight is 478 g/mol. The van der Waals surface area contributed by atoms with Crippen LogP contribution < -0.4 is 25.0 Å². The lowest BCUT2D eigenvalue weighted by Crippen LogP contribution is -2.24. The average Bonchev–Trinajstić information content (AvgIpc) is 2.70. The maximum atomic E-state index is 12.0. The van der Waals surface area contributed by atoms with Gasteiger partial charge in [-0.2, -0.15) is 5.10 Å². The number of anilines is 1. The molecule has 30 heavy (non-hydrogen) atoms. The van der Waals surface area contributed by atoms with Gasteiger partial charge in [0.1, 0.15) is 12.2 Å². The molecular weight excluding hydrogens is 454 g/mol. The van der Waals surface area contributed by atoms with Gasteiger partial charge < -0.3 is 19.5 Å². The van der Waals surface area contributed by atoms with E-state index in [1.165, 1.54) is 13.3 Å². The van der Waals surface area contributed by atoms with Crippen molar-refractivity contribution in [2.45, 2.75) is 20.3 Å². The molecule has 0 radical (unpaired) electrons. The second kappa shape index (κ2) is 11.8. The van der Waals surface area contributed by atoms with Crippen molar-refractivity contribution in [2.24, 2.45) is 5.10 Å². The van der Waals surface area contributed by atoms with Crippen molar-refractivity contribution in [3.63, 3.8) is 0 Å². The molecule has 0 saturated heterocycles. The molecule has 2 aromatic carbocycles. The van der Waals surface area contributed by atoms with E-state index < -0.39 is 11.8 Å². The number of rotatable bonds is 10. The number of carbonyl (C=O) groups is 2. The summed E-state index contributed by atoms with van der Waals surface area (Å²) < 4.78 is 17.0. The van der Waals surface area contributed by atoms with Crippen LogP contribution in [0.25, 0.3) is 0 Å². The lowest BCUT2D eigenvalue weighted by atomic mass is 10.2. The molecule has 2 amide bonds. The van der Waals surface area contributed by atoms with Crippen molar-refractivity contribution in [3.05, 3.63) is 46.4 Å². The highest BCUT2D eigenvalue weighted by atomic mass is 79.9. The molecule has 2 rings (SSSR count). The molecule has 0 atom stereocenters. The van der Waals surface area contributed by atoms with Crippen molar-refractivity contribution in [3.8, 4) is 17.2 Å². The van der Waals surface area contributed by atoms with Crippen molar-refractivity contribution in [1.29, 1.82) is 0 Å². The Morgan fingerprint density at radius 3 is 2.57 bits per heavy atom. The first-order valence-corrected chi connectivity index (χ1v) is 10.1. The Morgan fingerprint density at radius 1 is 1.10 bits per heavy atom. The number of methoxy groups -OCH3 is 1. The van der Waals surface area contributed by atoms with E-state index in [1.807, 2.05) is 13.8 Å². The molecule has 2 N–H and O–H groups in total. The first-order chi connectivity index (χ1) is 14.5. The van der Waals surface area contributed by atoms with Gasteiger partial charge in [-0.15, -0.1) is 0 Å². The minimum absolute atomic E-state index is 0.369. The van der Waals surface area contributed by atoms with Gasteiger partial charge in [0.15, 0.2) is 11.5 Å². The fraction of sp³-hybridized carbons (Fsp3) is 0.286. The predicted molar refractivity (Wildman–Crippen MR) is 118 cm³/mol. The highest BCUT2D eigenvalue weighted by Crippen LogP contribution is 2.36. The number of nitrogens with zero attached hydrogens (tertiary/aromatic N) is 1. The molecule has 160 valence electrons. The summed E-state index contributed by atoms with van der Waals surface area (Å²) in [6, 6.07) is 10.4. The normalized spacial score (nSPS) is 10.5. The lowest BCUT2D eigenvalue weighted by Gasteiger charge is -2.13. The van der Waals surface area contributed by atoms with E-state index >= 15 is 0 Å². The third-order valence-corrected chi connectivity index (χ3v) is 4.29. The summed E-state index contributed by atoms with van der Waals surface area (Å²) in [5.74, 6) is 0.781. The summed E-state index contributed by atoms with van der Waals surface area (Å²) in [6.45, 7) is 4.74. The molecule has 9 heteroatoms. The van der Waals surface area contributed by atoms with Crippen LogP contribution in [0.4, 0.5) is 5.69 Å². The third kappa shape index (κ3) is 7.07. The second-order valence-electron chi connectivity index (χ2n) is 5.95. The van der Waals surface area contributed by atoms with Crippen LogP contribution in [-0.2, 0) is 9.59 Å². The van der Waals surface area contributed by atoms with E-state index in [9.17, 15) is 9.59 Å². The second-order valence-corrected chi connectivity index (χ2v) is 6.80. The summed E-state index contributed by atoms with van der Waals surface area (Å²) in [5, 5.41) is 6.54. The van der Waals surface area contributed by atoms with E-state index in [-0.39, 0.29) is 6.42 Å². The zero-order valence-corrected chi connectivity index (χ0v) is 18.6. The predicted octanol–water partition coefficient (Wildman–Crippen LogP) is 3.73. The van der Waals surface area contributed by atoms with Gasteiger partial charge in [0.05, 0.1) is 31.0 Å². The Labute approximate surface area is 183 Å². The van der Waals surface area contributed by atoms with Crippen LogP contribution in [0.1, 0.15) is 25.8 Å². The molecule has 2 aromatic rings. The van der Waals surface area contributed by atoms with Gasteiger partial charge in [-0.3, -0.25) is 9.59 Å². The van der Waals surface area contributed by atoms with Crippen LogP contribution in [0.3, 0.4) is 0 Å². The number of hydrazone groups is 1. The zero-order valence-electron chi connectivity index (χ0n) is 17.0. The number of hydrogen-bond donors (Lipinski definition) is 2. The van der Waals surface area contributed by atoms with Gasteiger partial charge in [0, 0.05) is 11.8 Å². The number of ether oxygens (including phenoxy) is 3. The molecule has 0 fully saturated rings. The number of carbonyl (C=O) groups excluding carboxylic acids is 2. The van der Waals surface area contributed by atoms with E-state index in [4.69, 9.17) is 14.2 Å². The quantitative estimate of drug-likeness (QED) is 0.308. The Morgan fingerprint density at radius 2 is 1.87 bits per heavy atom. The smallest absolute Gasteiger partial charge is 0.249 e. The molecule has 0 aliphatic carbocycles. The summed E-state index contributed by atoms with van der Waals surface area (Å²) in [7, 11) is 1.53. The maximum Gasteiger partial charge on any atom is 0.249 e. The molecule has 0 aromatic heterocycles. The molecule has 0 unspecified atom stereocenters. The van der Waals surface area contributed by atoms with Crippen LogP contribution in [0.15, 0.2) is 46.0 Å². The Balaban J connectivity index is 1.94. The topological polar surface area (TPSA) is 98.2 Å². The van der Waals surface area contributed by atoms with Crippen LogP contribution >= 0.6 is 15.9 Å². The van der Waals surface area contributed by atoms with Crippen LogP contribution in [0, 0.1) is 0 Å². The monoisotopic (exact) mass is 477 g/mol. The summed E-state index contributed by atoms with van der Waals surface area (Å²) >= 11 is 3.45. The van der Waals surface area contributed by atoms with Gasteiger partial charge in [0.2, 0.25) is 11.8 Å². The number of benzene rings is 2. The zero-order chi connectivity index (χ0) is 21.9. The van der Waals surface area contributed by atoms with Crippen LogP contribution in [0.2, 0.25) is 0 Å². The number of hydrogen-bond acceptors (Lipinski definition) is 6. The van der Waals surface area contributed by atoms with Crippen molar-refractivity contribution in [1.82, 2.24) is 5.43 Å². The standard InChI is InChI=1S/C21H24BrN3O5/c1-4-29-18-10-14(9-17(22)21(18)30-5-2)13-23-25-20(27)12-19(26)24-15-7-6-8-16(11-15)28-3/h6-11,13H,4-5,12H2,1-3H3,(H,24,26)(H,25,27). The lowest BCUT2D eigenvalue weighted by molar-refractivity contribution is -0.126. The highest BCUT2D eigenvalue weighted by Gasteiger charge is 2.12. The van der Waals surface area contributed by atoms with Gasteiger partial charge in [-0.25, -0.2) is 5.43 Å². The fourth-order valence-corrected chi connectivity index (χ4v) is 3.05. The first-order valence-electron chi connectivity index (χ1n) is 9.31. The fourth-order valence-electron chi connectivity index (χ4n) is 2.48. The van der Waals surface area contributed by atoms with Crippen LogP contribution in [-0.4, -0.2) is 38.4 Å². The molecule has 8 nitrogen and oxygen atoms in total. The third-order valence-electron chi connectivity index (χ3n) is 3.70. The number of halogens is 1. The van der Waals surface area contributed by atoms with E-state index in [1.54, 1.807) is 36.4 Å². The molecule has 0 bridgehead atoms. The molecular formula is C21H24BrN3O5. The largest absolute Gasteiger partial charge is 0.497 e. The van der Waals surface area contributed by atoms with Gasteiger partial charge in [0.25, 0.3) is 0 Å². The maximum absolute atomic E-state index is 12.0. The minimum Gasteiger partial charge on any atom is -0.497 e. The highest BCUT2D eigenvalue weighted by molar-refractivity contribution is 9.10. The summed E-state index contributed by atoms with van der Waals surface area (Å²) in [4.78, 5) is 24.0. The molecule has 0 heterocycles. The van der Waals surface area contributed by atoms with E-state index in [0.717, 1.165) is 0 Å². The number of amides is 2. The Bertz CT molecular complexity index is 918. The molecule has 0 saturated carbocycles. The summed E-state index contributed by atoms with van der Waals surface area (Å²) in [5.41, 5.74) is 3.57. The first kappa shape index (κ1) is 23.2. The van der Waals surface area contributed by atoms with E-state index in [2.05, 4.69) is 31.8 Å². The molecule has 0 spiro atoms. The van der Waals surface area contributed by atoms with Crippen molar-refractivity contribution < 1.29 is 23.8 Å². The van der Waals surface area contributed by atoms with Crippen molar-refractivity contribution in [2.75, 3.05) is 25.6 Å². The molecule has 0 aliphatic heterocycles. The number of nitrogens with one attached hydrogen (secondary N) is 2. The van der Waals surface area contributed by atoms with Crippen LogP contribution in [0.5, 0.6) is 17.2 Å². The summed E-state index contributed by atoms with van der Waals surface area (Å²) in [6.07, 6.45) is 1.09. The van der Waals surface area contributed by atoms with Gasteiger partial charge in [-0.1, -0.05) is 6.07 Å². The Hall–Kier alpha value is -3.07. The SMILES string of the molecule is CCOc1cc(C=NNC(=O)CC(=O)Nc2cccc(OC)c2)cc(Br)c1OCC.